The van der Waals surface area contributed by atoms with Crippen molar-refractivity contribution in [3.05, 3.63) is 59.2 Å². The van der Waals surface area contributed by atoms with E-state index in [1.807, 2.05) is 24.3 Å². The Balaban J connectivity index is 1.37. The Labute approximate surface area is 135 Å². The largest absolute Gasteiger partial charge is 0.462 e. The number of benzene rings is 2. The van der Waals surface area contributed by atoms with E-state index in [2.05, 4.69) is 18.2 Å². The van der Waals surface area contributed by atoms with Gasteiger partial charge in [0.05, 0.1) is 6.42 Å². The van der Waals surface area contributed by atoms with Gasteiger partial charge in [0.25, 0.3) is 0 Å². The Morgan fingerprint density at radius 2 is 1.91 bits per heavy atom. The molecule has 4 heteroatoms. The molecule has 0 saturated carbocycles. The van der Waals surface area contributed by atoms with E-state index < -0.39 is 0 Å². The van der Waals surface area contributed by atoms with Crippen LogP contribution < -0.4 is 9.47 Å². The van der Waals surface area contributed by atoms with Gasteiger partial charge in [-0.05, 0) is 41.7 Å². The summed E-state index contributed by atoms with van der Waals surface area (Å²) in [7, 11) is 0. The molecule has 1 heterocycles. The molecule has 23 heavy (non-hydrogen) atoms. The second kappa shape index (κ2) is 5.95. The minimum Gasteiger partial charge on any atom is -0.462 e. The Morgan fingerprint density at radius 1 is 1.09 bits per heavy atom. The molecule has 0 N–H and O–H groups in total. The molecule has 2 aromatic carbocycles. The Hall–Kier alpha value is -2.49. The van der Waals surface area contributed by atoms with Gasteiger partial charge in [0.2, 0.25) is 6.79 Å². The number of carbonyl (C=O) groups excluding carboxylic acids is 1. The third-order valence-electron chi connectivity index (χ3n) is 4.39. The number of hydrogen-bond donors (Lipinski definition) is 0. The summed E-state index contributed by atoms with van der Waals surface area (Å²) in [5.74, 6) is 1.24. The van der Waals surface area contributed by atoms with Crippen molar-refractivity contribution >= 4 is 5.97 Å². The standard InChI is InChI=1S/C19H18O4/c20-19(10-13-5-8-17-18(9-13)22-12-21-17)23-16-7-6-14-3-1-2-4-15(14)11-16/h1-5,8-9,16H,6-7,10-12H2. The highest BCUT2D eigenvalue weighted by Crippen LogP contribution is 2.32. The first-order valence-corrected chi connectivity index (χ1v) is 7.93. The van der Waals surface area contributed by atoms with Crippen LogP contribution in [0.2, 0.25) is 0 Å². The number of carbonyl (C=O) groups is 1. The van der Waals surface area contributed by atoms with Gasteiger partial charge in [0.15, 0.2) is 11.5 Å². The summed E-state index contributed by atoms with van der Waals surface area (Å²) in [5, 5.41) is 0. The van der Waals surface area contributed by atoms with Crippen molar-refractivity contribution in [2.24, 2.45) is 0 Å². The monoisotopic (exact) mass is 310 g/mol. The highest BCUT2D eigenvalue weighted by atomic mass is 16.7. The minimum atomic E-state index is -0.187. The fourth-order valence-corrected chi connectivity index (χ4v) is 3.21. The zero-order valence-electron chi connectivity index (χ0n) is 12.8. The molecule has 2 aromatic rings. The molecule has 1 aliphatic carbocycles. The molecule has 1 aliphatic heterocycles. The summed E-state index contributed by atoms with van der Waals surface area (Å²) in [4.78, 5) is 12.2. The molecular weight excluding hydrogens is 292 g/mol. The average Bonchev–Trinajstić information content (AvgIpc) is 3.02. The molecule has 0 spiro atoms. The molecule has 0 aromatic heterocycles. The fraction of sp³-hybridized carbons (Fsp3) is 0.316. The van der Waals surface area contributed by atoms with E-state index in [-0.39, 0.29) is 25.3 Å². The molecule has 4 nitrogen and oxygen atoms in total. The van der Waals surface area contributed by atoms with E-state index >= 15 is 0 Å². The number of fused-ring (bicyclic) bond motifs is 2. The van der Waals surface area contributed by atoms with E-state index in [0.29, 0.717) is 5.75 Å². The quantitative estimate of drug-likeness (QED) is 0.817. The van der Waals surface area contributed by atoms with Crippen LogP contribution in [0.5, 0.6) is 11.5 Å². The van der Waals surface area contributed by atoms with Crippen LogP contribution in [0.1, 0.15) is 23.1 Å². The first-order chi connectivity index (χ1) is 11.3. The highest BCUT2D eigenvalue weighted by molar-refractivity contribution is 5.73. The van der Waals surface area contributed by atoms with Crippen LogP contribution in [0, 0.1) is 0 Å². The van der Waals surface area contributed by atoms with E-state index in [9.17, 15) is 4.79 Å². The fourth-order valence-electron chi connectivity index (χ4n) is 3.21. The van der Waals surface area contributed by atoms with Crippen LogP contribution >= 0.6 is 0 Å². The van der Waals surface area contributed by atoms with E-state index in [1.165, 1.54) is 11.1 Å². The van der Waals surface area contributed by atoms with Crippen molar-refractivity contribution in [3.63, 3.8) is 0 Å². The Bertz CT molecular complexity index is 738. The Morgan fingerprint density at radius 3 is 2.83 bits per heavy atom. The lowest BCUT2D eigenvalue weighted by atomic mass is 9.90. The van der Waals surface area contributed by atoms with Gasteiger partial charge >= 0.3 is 5.97 Å². The van der Waals surface area contributed by atoms with Gasteiger partial charge in [0.1, 0.15) is 6.10 Å². The van der Waals surface area contributed by atoms with E-state index in [4.69, 9.17) is 14.2 Å². The molecule has 0 saturated heterocycles. The molecule has 1 unspecified atom stereocenters. The second-order valence-corrected chi connectivity index (χ2v) is 5.99. The summed E-state index contributed by atoms with van der Waals surface area (Å²) in [5.41, 5.74) is 3.55. The topological polar surface area (TPSA) is 44.8 Å². The third-order valence-corrected chi connectivity index (χ3v) is 4.39. The summed E-state index contributed by atoms with van der Waals surface area (Å²) in [6.07, 6.45) is 2.91. The van der Waals surface area contributed by atoms with Gasteiger partial charge in [0, 0.05) is 6.42 Å². The zero-order valence-corrected chi connectivity index (χ0v) is 12.8. The van der Waals surface area contributed by atoms with Crippen LogP contribution in [0.25, 0.3) is 0 Å². The summed E-state index contributed by atoms with van der Waals surface area (Å²) >= 11 is 0. The van der Waals surface area contributed by atoms with Crippen molar-refractivity contribution in [2.45, 2.75) is 31.8 Å². The molecule has 1 atom stereocenters. The third kappa shape index (κ3) is 3.02. The van der Waals surface area contributed by atoms with Crippen LogP contribution in [0.3, 0.4) is 0 Å². The van der Waals surface area contributed by atoms with Crippen molar-refractivity contribution < 1.29 is 19.0 Å². The van der Waals surface area contributed by atoms with Gasteiger partial charge < -0.3 is 14.2 Å². The SMILES string of the molecule is O=C(Cc1ccc2c(c1)OCO2)OC1CCc2ccccc2C1. The zero-order chi connectivity index (χ0) is 15.6. The summed E-state index contributed by atoms with van der Waals surface area (Å²) in [6, 6.07) is 13.9. The second-order valence-electron chi connectivity index (χ2n) is 5.99. The van der Waals surface area contributed by atoms with Gasteiger partial charge in [-0.25, -0.2) is 0 Å². The van der Waals surface area contributed by atoms with E-state index in [0.717, 1.165) is 30.6 Å². The number of aryl methyl sites for hydroxylation is 1. The van der Waals surface area contributed by atoms with E-state index in [1.54, 1.807) is 0 Å². The van der Waals surface area contributed by atoms with Gasteiger partial charge in [-0.15, -0.1) is 0 Å². The maximum atomic E-state index is 12.2. The van der Waals surface area contributed by atoms with Crippen LogP contribution in [-0.2, 0) is 28.8 Å². The van der Waals surface area contributed by atoms with Gasteiger partial charge in [-0.3, -0.25) is 4.79 Å². The lowest BCUT2D eigenvalue weighted by molar-refractivity contribution is -0.148. The first-order valence-electron chi connectivity index (χ1n) is 7.93. The predicted molar refractivity (Wildman–Crippen MR) is 84.6 cm³/mol. The average molecular weight is 310 g/mol. The molecule has 0 bridgehead atoms. The number of rotatable bonds is 3. The van der Waals surface area contributed by atoms with Gasteiger partial charge in [-0.2, -0.15) is 0 Å². The highest BCUT2D eigenvalue weighted by Gasteiger charge is 2.22. The molecule has 0 radical (unpaired) electrons. The Kier molecular flexibility index (Phi) is 3.66. The van der Waals surface area contributed by atoms with Crippen molar-refractivity contribution in [2.75, 3.05) is 6.79 Å². The lowest BCUT2D eigenvalue weighted by Gasteiger charge is -2.24. The molecule has 0 amide bonds. The normalized spacial score (nSPS) is 18.3. The molecule has 2 aliphatic rings. The maximum Gasteiger partial charge on any atom is 0.310 e. The van der Waals surface area contributed by atoms with Gasteiger partial charge in [-0.1, -0.05) is 30.3 Å². The molecule has 118 valence electrons. The van der Waals surface area contributed by atoms with Crippen molar-refractivity contribution in [1.29, 1.82) is 0 Å². The first kappa shape index (κ1) is 14.1. The number of hydrogen-bond acceptors (Lipinski definition) is 4. The van der Waals surface area contributed by atoms with Crippen molar-refractivity contribution in [1.82, 2.24) is 0 Å². The van der Waals surface area contributed by atoms with Crippen LogP contribution in [-0.4, -0.2) is 18.9 Å². The maximum absolute atomic E-state index is 12.2. The molecule has 0 fully saturated rings. The minimum absolute atomic E-state index is 0.0218. The van der Waals surface area contributed by atoms with Crippen LogP contribution in [0.4, 0.5) is 0 Å². The summed E-state index contributed by atoms with van der Waals surface area (Å²) < 4.78 is 16.3. The van der Waals surface area contributed by atoms with Crippen LogP contribution in [0.15, 0.2) is 42.5 Å². The summed E-state index contributed by atoms with van der Waals surface area (Å²) in [6.45, 7) is 0.241. The lowest BCUT2D eigenvalue weighted by Crippen LogP contribution is -2.26. The molecular formula is C19H18O4. The smallest absolute Gasteiger partial charge is 0.310 e. The number of esters is 1. The predicted octanol–water partition coefficient (Wildman–Crippen LogP) is 3.06. The number of ether oxygens (including phenoxy) is 3. The van der Waals surface area contributed by atoms with Crippen molar-refractivity contribution in [3.8, 4) is 11.5 Å². The molecule has 4 rings (SSSR count).